The van der Waals surface area contributed by atoms with Crippen molar-refractivity contribution in [1.29, 1.82) is 5.41 Å². The summed E-state index contributed by atoms with van der Waals surface area (Å²) < 4.78 is 32.3. The zero-order chi connectivity index (χ0) is 31.8. The molecule has 5 rings (SSSR count). The number of aliphatic carboxylic acids is 1. The topological polar surface area (TPSA) is 198 Å². The van der Waals surface area contributed by atoms with Crippen LogP contribution in [0.25, 0.3) is 11.1 Å². The fraction of sp³-hybridized carbons (Fsp3) is 0. The Hall–Kier alpha value is -5.08. The number of nitrogens with zero attached hydrogens (tertiary/aromatic N) is 1. The van der Waals surface area contributed by atoms with E-state index < -0.39 is 38.1 Å². The second-order valence-electron chi connectivity index (χ2n) is 9.33. The number of carbonyl (C=O) groups excluding carboxylic acids is 2. The fourth-order valence-electron chi connectivity index (χ4n) is 4.31. The summed E-state index contributed by atoms with van der Waals surface area (Å²) in [4.78, 5) is 35.0. The number of anilines is 2. The molecule has 0 bridgehead atoms. The molecule has 0 fully saturated rings. The van der Waals surface area contributed by atoms with E-state index >= 15 is 0 Å². The molecule has 3 aliphatic rings. The van der Waals surface area contributed by atoms with E-state index in [1.807, 2.05) is 0 Å². The van der Waals surface area contributed by atoms with E-state index in [2.05, 4.69) is 21.4 Å². The second kappa shape index (κ2) is 11.9. The molecule has 0 radical (unpaired) electrons. The maximum atomic E-state index is 12.7. The maximum absolute atomic E-state index is 12.7. The van der Waals surface area contributed by atoms with E-state index in [4.69, 9.17) is 33.7 Å². The largest absolute Gasteiger partial charge is 0.478 e. The Morgan fingerprint density at radius 1 is 0.841 bits per heavy atom. The lowest BCUT2D eigenvalue weighted by Crippen LogP contribution is -2.31. The zero-order valence-corrected chi connectivity index (χ0v) is 24.4. The Bertz CT molecular complexity index is 2020. The highest BCUT2D eigenvalue weighted by molar-refractivity contribution is 7.90. The molecule has 0 aliphatic heterocycles. The average molecular weight is 652 g/mol. The van der Waals surface area contributed by atoms with Crippen LogP contribution in [0.4, 0.5) is 11.4 Å². The first-order valence-electron chi connectivity index (χ1n) is 12.4. The number of nitrogens with one attached hydrogen (secondary N) is 4. The minimum Gasteiger partial charge on any atom is -0.478 e. The highest BCUT2D eigenvalue weighted by atomic mass is 35.5. The van der Waals surface area contributed by atoms with Crippen molar-refractivity contribution in [2.75, 3.05) is 10.9 Å². The summed E-state index contributed by atoms with van der Waals surface area (Å²) in [5.74, 6) is -2.68. The molecule has 2 aromatic carbocycles. The van der Waals surface area contributed by atoms with Gasteiger partial charge in [0.1, 0.15) is 5.57 Å². The summed E-state index contributed by atoms with van der Waals surface area (Å²) in [5.41, 5.74) is 10.8. The van der Waals surface area contributed by atoms with Crippen LogP contribution in [0.1, 0.15) is 0 Å². The van der Waals surface area contributed by atoms with E-state index in [0.717, 1.165) is 24.3 Å². The van der Waals surface area contributed by atoms with E-state index in [0.29, 0.717) is 32.5 Å². The number of fused-ring (bicyclic) bond motifs is 1. The van der Waals surface area contributed by atoms with Gasteiger partial charge in [-0.3, -0.25) is 30.4 Å². The summed E-state index contributed by atoms with van der Waals surface area (Å²) in [6.07, 6.45) is 8.36. The van der Waals surface area contributed by atoms with Gasteiger partial charge >= 0.3 is 5.97 Å². The van der Waals surface area contributed by atoms with Crippen LogP contribution in [0.5, 0.6) is 0 Å². The number of carbonyl (C=O) groups is 3. The molecule has 0 unspecified atom stereocenters. The molecule has 6 N–H and O–H groups in total. The number of hydrogen-bond acceptors (Lipinski definition) is 10. The summed E-state index contributed by atoms with van der Waals surface area (Å²) in [6, 6.07) is 9.94. The molecule has 0 aromatic heterocycles. The molecule has 3 aliphatic carbocycles. The van der Waals surface area contributed by atoms with E-state index in [1.54, 1.807) is 36.4 Å². The van der Waals surface area contributed by atoms with Gasteiger partial charge in [0.15, 0.2) is 11.6 Å². The maximum Gasteiger partial charge on any atom is 0.339 e. The molecule has 0 saturated heterocycles. The average Bonchev–Trinajstić information content (AvgIpc) is 2.96. The quantitative estimate of drug-likeness (QED) is 0.101. The normalized spacial score (nSPS) is 17.2. The molecule has 12 nitrogen and oxygen atoms in total. The first kappa shape index (κ1) is 30.4. The van der Waals surface area contributed by atoms with E-state index in [9.17, 15) is 27.4 Å². The van der Waals surface area contributed by atoms with E-state index in [1.165, 1.54) is 18.2 Å². The number of hydrogen-bond donors (Lipinski definition) is 6. The SMILES string of the molecule is N=C1C=CC2=CC(S(=O)(=O)O)=CC(=O)C2=C1NNc1ccc(-c2ccc(N/N=C3/C=CC(=O)C(C(=O)O)=C3)cc2Cl)c(Cl)c1. The van der Waals surface area contributed by atoms with Crippen molar-refractivity contribution in [1.82, 2.24) is 5.43 Å². The monoisotopic (exact) mass is 651 g/mol. The van der Waals surface area contributed by atoms with Crippen LogP contribution in [-0.4, -0.2) is 47.0 Å². The van der Waals surface area contributed by atoms with Gasteiger partial charge in [-0.1, -0.05) is 41.4 Å². The van der Waals surface area contributed by atoms with Crippen molar-refractivity contribution >= 4 is 73.7 Å². The summed E-state index contributed by atoms with van der Waals surface area (Å²) in [5, 5.41) is 22.1. The number of allylic oxidation sites excluding steroid dienone is 9. The van der Waals surface area contributed by atoms with Crippen molar-refractivity contribution in [2.45, 2.75) is 0 Å². The minimum atomic E-state index is -4.59. The van der Waals surface area contributed by atoms with Gasteiger partial charge < -0.3 is 10.5 Å². The molecular formula is C29H19Cl2N5O7S. The van der Waals surface area contributed by atoms with Crippen LogP contribution < -0.4 is 16.3 Å². The zero-order valence-electron chi connectivity index (χ0n) is 22.1. The van der Waals surface area contributed by atoms with Crippen molar-refractivity contribution in [3.05, 3.63) is 116 Å². The Kier molecular flexibility index (Phi) is 8.21. The molecule has 222 valence electrons. The standard InChI is InChI=1S/C29H19Cl2N5O7S/c30-22-11-16(34-33-15-4-8-25(37)21(10-15)29(39)40)2-5-19(22)20-6-3-17(12-23(20)31)35-36-28-24(32)7-1-14-9-18(44(41,42)43)13-26(38)27(14)28/h1-13,32,34-36H,(H,39,40)(H,41,42,43)/b32-24?,33-15-. The van der Waals surface area contributed by atoms with Crippen LogP contribution in [0.2, 0.25) is 10.0 Å². The predicted molar refractivity (Wildman–Crippen MR) is 166 cm³/mol. The Labute approximate surface area is 259 Å². The molecular weight excluding hydrogens is 633 g/mol. The Morgan fingerprint density at radius 3 is 2.14 bits per heavy atom. The Balaban J connectivity index is 1.31. The number of halogens is 2. The van der Waals surface area contributed by atoms with Crippen LogP contribution in [0.3, 0.4) is 0 Å². The lowest BCUT2D eigenvalue weighted by molar-refractivity contribution is -0.134. The van der Waals surface area contributed by atoms with Gasteiger partial charge in [-0.25, -0.2) is 4.79 Å². The number of hydrazone groups is 1. The first-order valence-corrected chi connectivity index (χ1v) is 14.6. The molecule has 44 heavy (non-hydrogen) atoms. The third-order valence-electron chi connectivity index (χ3n) is 6.42. The van der Waals surface area contributed by atoms with Gasteiger partial charge in [-0.15, -0.1) is 0 Å². The molecule has 0 spiro atoms. The molecule has 15 heteroatoms. The third kappa shape index (κ3) is 6.31. The highest BCUT2D eigenvalue weighted by Crippen LogP contribution is 2.36. The summed E-state index contributed by atoms with van der Waals surface area (Å²) >= 11 is 13.1. The van der Waals surface area contributed by atoms with Crippen LogP contribution in [0.15, 0.2) is 111 Å². The van der Waals surface area contributed by atoms with Crippen LogP contribution >= 0.6 is 23.2 Å². The molecule has 0 atom stereocenters. The fourth-order valence-corrected chi connectivity index (χ4v) is 5.41. The number of ketones is 2. The van der Waals surface area contributed by atoms with Crippen molar-refractivity contribution in [3.63, 3.8) is 0 Å². The van der Waals surface area contributed by atoms with Crippen molar-refractivity contribution in [3.8, 4) is 11.1 Å². The number of carboxylic acid groups (broad SMARTS) is 1. The number of carboxylic acids is 1. The molecule has 2 aromatic rings. The lowest BCUT2D eigenvalue weighted by Gasteiger charge is -2.23. The van der Waals surface area contributed by atoms with E-state index in [-0.39, 0.29) is 28.3 Å². The predicted octanol–water partition coefficient (Wildman–Crippen LogP) is 4.62. The first-order chi connectivity index (χ1) is 20.8. The molecule has 0 heterocycles. The number of hydrazine groups is 1. The van der Waals surface area contributed by atoms with Gasteiger partial charge in [0.25, 0.3) is 10.1 Å². The number of rotatable bonds is 8. The van der Waals surface area contributed by atoms with Crippen LogP contribution in [-0.2, 0) is 24.5 Å². The van der Waals surface area contributed by atoms with Crippen molar-refractivity contribution < 1.29 is 32.5 Å². The molecule has 0 amide bonds. The smallest absolute Gasteiger partial charge is 0.339 e. The van der Waals surface area contributed by atoms with Gasteiger partial charge in [0.05, 0.1) is 49.0 Å². The minimum absolute atomic E-state index is 0.0404. The highest BCUT2D eigenvalue weighted by Gasteiger charge is 2.29. The summed E-state index contributed by atoms with van der Waals surface area (Å²) in [6.45, 7) is 0. The third-order valence-corrected chi connectivity index (χ3v) is 7.88. The Morgan fingerprint density at radius 2 is 1.50 bits per heavy atom. The summed E-state index contributed by atoms with van der Waals surface area (Å²) in [7, 11) is -4.59. The van der Waals surface area contributed by atoms with Gasteiger partial charge in [0.2, 0.25) is 0 Å². The lowest BCUT2D eigenvalue weighted by atomic mass is 9.89. The second-order valence-corrected chi connectivity index (χ2v) is 11.6. The van der Waals surface area contributed by atoms with Gasteiger partial charge in [-0.2, -0.15) is 13.5 Å². The number of benzene rings is 2. The van der Waals surface area contributed by atoms with Crippen molar-refractivity contribution in [2.24, 2.45) is 5.10 Å². The van der Waals surface area contributed by atoms with Crippen LogP contribution in [0, 0.1) is 5.41 Å². The molecule has 0 saturated carbocycles. The van der Waals surface area contributed by atoms with Gasteiger partial charge in [0, 0.05) is 17.2 Å². The van der Waals surface area contributed by atoms with Gasteiger partial charge in [-0.05, 0) is 60.2 Å².